The number of nitrogens with zero attached hydrogens (tertiary/aromatic N) is 2. The predicted molar refractivity (Wildman–Crippen MR) is 79.4 cm³/mol. The Morgan fingerprint density at radius 3 is 2.85 bits per heavy atom. The maximum absolute atomic E-state index is 12.2. The number of benzene rings is 1. The number of fused-ring (bicyclic) bond motifs is 1. The van der Waals surface area contributed by atoms with Crippen LogP contribution in [0.2, 0.25) is 0 Å². The van der Waals surface area contributed by atoms with Gasteiger partial charge < -0.3 is 5.43 Å². The van der Waals surface area contributed by atoms with Crippen LogP contribution >= 0.6 is 0 Å². The molecule has 2 aliphatic rings. The van der Waals surface area contributed by atoms with Gasteiger partial charge in [0.25, 0.3) is 0 Å². The van der Waals surface area contributed by atoms with Crippen LogP contribution in [0.15, 0.2) is 58.9 Å². The van der Waals surface area contributed by atoms with E-state index in [2.05, 4.69) is 17.3 Å². The topological polar surface area (TPSA) is 44.7 Å². The smallest absolute Gasteiger partial charge is 0.184 e. The van der Waals surface area contributed by atoms with Crippen molar-refractivity contribution in [1.29, 1.82) is 0 Å². The van der Waals surface area contributed by atoms with Crippen LogP contribution in [0.5, 0.6) is 0 Å². The zero-order valence-electron chi connectivity index (χ0n) is 11.6. The molecule has 0 aliphatic carbocycles. The van der Waals surface area contributed by atoms with E-state index in [9.17, 15) is 4.79 Å². The molecule has 4 nitrogen and oxygen atoms in total. The number of hydrogen-bond donors (Lipinski definition) is 1. The monoisotopic (exact) mass is 267 g/mol. The Morgan fingerprint density at radius 2 is 2.10 bits per heavy atom. The summed E-state index contributed by atoms with van der Waals surface area (Å²) in [5.41, 5.74) is 7.22. The summed E-state index contributed by atoms with van der Waals surface area (Å²) in [7, 11) is 0. The minimum absolute atomic E-state index is 0.0927. The lowest BCUT2D eigenvalue weighted by Crippen LogP contribution is -2.37. The van der Waals surface area contributed by atoms with E-state index in [1.165, 1.54) is 5.57 Å². The molecule has 0 amide bonds. The van der Waals surface area contributed by atoms with Crippen molar-refractivity contribution in [3.8, 4) is 0 Å². The quantitative estimate of drug-likeness (QED) is 0.855. The Kier molecular flexibility index (Phi) is 3.14. The molecule has 0 spiro atoms. The summed E-state index contributed by atoms with van der Waals surface area (Å²) >= 11 is 0. The molecule has 1 N–H and O–H groups in total. The highest BCUT2D eigenvalue weighted by Gasteiger charge is 2.26. The Balaban J connectivity index is 1.73. The van der Waals surface area contributed by atoms with Crippen LogP contribution in [-0.4, -0.2) is 29.1 Å². The lowest BCUT2D eigenvalue weighted by molar-refractivity contribution is 0.0939. The predicted octanol–water partition coefficient (Wildman–Crippen LogP) is 2.32. The Morgan fingerprint density at radius 1 is 1.35 bits per heavy atom. The number of hydrazine groups is 1. The molecule has 1 atom stereocenters. The molecule has 0 aromatic heterocycles. The zero-order chi connectivity index (χ0) is 14.1. The number of carbonyl (C=O) groups is 1. The Labute approximate surface area is 118 Å². The summed E-state index contributed by atoms with van der Waals surface area (Å²) in [6, 6.07) is 9.51. The average Bonchev–Trinajstić information content (AvgIpc) is 2.75. The molecule has 2 aliphatic heterocycles. The van der Waals surface area contributed by atoms with Gasteiger partial charge in [-0.05, 0) is 13.8 Å². The van der Waals surface area contributed by atoms with E-state index in [0.717, 1.165) is 16.8 Å². The second-order valence-electron chi connectivity index (χ2n) is 5.08. The maximum Gasteiger partial charge on any atom is 0.184 e. The first-order valence-corrected chi connectivity index (χ1v) is 6.73. The molecular weight excluding hydrogens is 250 g/mol. The first kappa shape index (κ1) is 12.7. The summed E-state index contributed by atoms with van der Waals surface area (Å²) < 4.78 is 0. The highest BCUT2D eigenvalue weighted by molar-refractivity contribution is 6.05. The lowest BCUT2D eigenvalue weighted by Gasteiger charge is -2.26. The number of rotatable bonds is 3. The van der Waals surface area contributed by atoms with Crippen molar-refractivity contribution < 1.29 is 4.79 Å². The van der Waals surface area contributed by atoms with Crippen LogP contribution in [-0.2, 0) is 0 Å². The van der Waals surface area contributed by atoms with Crippen molar-refractivity contribution in [2.45, 2.75) is 19.9 Å². The molecule has 102 valence electrons. The fourth-order valence-corrected chi connectivity index (χ4v) is 2.54. The third-order valence-electron chi connectivity index (χ3n) is 3.62. The van der Waals surface area contributed by atoms with Gasteiger partial charge in [-0.25, -0.2) is 0 Å². The summed E-state index contributed by atoms with van der Waals surface area (Å²) in [5, 5.41) is 1.82. The first-order chi connectivity index (χ1) is 9.65. The van der Waals surface area contributed by atoms with E-state index in [4.69, 9.17) is 0 Å². The molecule has 0 radical (unpaired) electrons. The van der Waals surface area contributed by atoms with Gasteiger partial charge in [-0.15, -0.1) is 0 Å². The molecule has 1 aromatic rings. The number of hydrogen-bond acceptors (Lipinski definition) is 4. The van der Waals surface area contributed by atoms with E-state index in [-0.39, 0.29) is 11.8 Å². The fraction of sp³-hybridized carbons (Fsp3) is 0.250. The number of nitrogens with one attached hydrogen (secondary N) is 1. The van der Waals surface area contributed by atoms with E-state index >= 15 is 0 Å². The second kappa shape index (κ2) is 4.96. The molecule has 1 unspecified atom stereocenters. The highest BCUT2D eigenvalue weighted by atomic mass is 16.1. The minimum atomic E-state index is 0.0927. The Hall–Kier alpha value is -2.36. The van der Waals surface area contributed by atoms with Gasteiger partial charge in [-0.3, -0.25) is 14.8 Å². The highest BCUT2D eigenvalue weighted by Crippen LogP contribution is 2.27. The van der Waals surface area contributed by atoms with Gasteiger partial charge in [0.2, 0.25) is 0 Å². The zero-order valence-corrected chi connectivity index (χ0v) is 11.6. The maximum atomic E-state index is 12.2. The van der Waals surface area contributed by atoms with Gasteiger partial charge in [-0.1, -0.05) is 30.3 Å². The van der Waals surface area contributed by atoms with Crippen molar-refractivity contribution in [2.75, 3.05) is 6.54 Å². The minimum Gasteiger partial charge on any atom is -0.305 e. The number of carbonyl (C=O) groups excluding carboxylic acids is 1. The second-order valence-corrected chi connectivity index (χ2v) is 5.08. The van der Waals surface area contributed by atoms with Gasteiger partial charge in [-0.2, -0.15) is 0 Å². The van der Waals surface area contributed by atoms with Gasteiger partial charge >= 0.3 is 0 Å². The standard InChI is InChI=1S/C16H17N3O/c1-11-14-8-17-19(9-15(14)12(2)18-11)10-16(20)13-6-4-3-5-7-13/h3-9,12,17H,10H2,1-2H3. The largest absolute Gasteiger partial charge is 0.305 e. The van der Waals surface area contributed by atoms with Crippen LogP contribution < -0.4 is 5.43 Å². The average molecular weight is 267 g/mol. The van der Waals surface area contributed by atoms with E-state index in [0.29, 0.717) is 6.54 Å². The van der Waals surface area contributed by atoms with Crippen LogP contribution in [0.1, 0.15) is 24.2 Å². The molecule has 0 saturated carbocycles. The summed E-state index contributed by atoms with van der Waals surface area (Å²) in [6.45, 7) is 4.39. The van der Waals surface area contributed by atoms with Gasteiger partial charge in [0.15, 0.2) is 5.78 Å². The third-order valence-corrected chi connectivity index (χ3v) is 3.62. The van der Waals surface area contributed by atoms with Crippen LogP contribution in [0.4, 0.5) is 0 Å². The molecule has 1 aromatic carbocycles. The molecule has 2 heterocycles. The van der Waals surface area contributed by atoms with Gasteiger partial charge in [0, 0.05) is 34.8 Å². The molecule has 0 saturated heterocycles. The third kappa shape index (κ3) is 2.25. The normalized spacial score (nSPS) is 20.6. The number of ketones is 1. The summed E-state index contributed by atoms with van der Waals surface area (Å²) in [5.74, 6) is 0.0927. The molecule has 0 fully saturated rings. The van der Waals surface area contributed by atoms with E-state index in [1.54, 1.807) is 0 Å². The van der Waals surface area contributed by atoms with Crippen molar-refractivity contribution in [1.82, 2.24) is 10.4 Å². The van der Waals surface area contributed by atoms with E-state index in [1.807, 2.05) is 54.7 Å². The SMILES string of the molecule is CC1=NC(C)C2=CN(CC(=O)c3ccccc3)NC=C21. The Bertz CT molecular complexity index is 628. The van der Waals surface area contributed by atoms with Crippen LogP contribution in [0.3, 0.4) is 0 Å². The number of Topliss-reactive ketones (excluding diaryl/α,β-unsaturated/α-hetero) is 1. The molecule has 4 heteroatoms. The molecule has 3 rings (SSSR count). The summed E-state index contributed by atoms with van der Waals surface area (Å²) in [4.78, 5) is 16.7. The summed E-state index contributed by atoms with van der Waals surface area (Å²) in [6.07, 6.45) is 3.91. The fourth-order valence-electron chi connectivity index (χ4n) is 2.54. The number of aliphatic imine (C=N–C) groups is 1. The van der Waals surface area contributed by atoms with E-state index < -0.39 is 0 Å². The van der Waals surface area contributed by atoms with Crippen molar-refractivity contribution in [3.05, 3.63) is 59.4 Å². The first-order valence-electron chi connectivity index (χ1n) is 6.73. The van der Waals surface area contributed by atoms with Gasteiger partial charge in [0.05, 0.1) is 6.04 Å². The van der Waals surface area contributed by atoms with Crippen LogP contribution in [0, 0.1) is 0 Å². The van der Waals surface area contributed by atoms with Crippen LogP contribution in [0.25, 0.3) is 0 Å². The van der Waals surface area contributed by atoms with Gasteiger partial charge in [0.1, 0.15) is 6.54 Å². The molecule has 20 heavy (non-hydrogen) atoms. The van der Waals surface area contributed by atoms with Crippen molar-refractivity contribution in [3.63, 3.8) is 0 Å². The lowest BCUT2D eigenvalue weighted by atomic mass is 10.0. The molecular formula is C16H17N3O. The molecule has 0 bridgehead atoms. The van der Waals surface area contributed by atoms with Crippen molar-refractivity contribution in [2.24, 2.45) is 4.99 Å². The van der Waals surface area contributed by atoms with Crippen molar-refractivity contribution >= 4 is 11.5 Å².